The molecule has 1 fully saturated rings. The summed E-state index contributed by atoms with van der Waals surface area (Å²) in [5.74, 6) is 0.825. The lowest BCUT2D eigenvalue weighted by molar-refractivity contribution is 0.179. The Labute approximate surface area is 88.0 Å². The van der Waals surface area contributed by atoms with Crippen molar-refractivity contribution in [2.24, 2.45) is 11.7 Å². The van der Waals surface area contributed by atoms with Gasteiger partial charge in [0.25, 0.3) is 0 Å². The van der Waals surface area contributed by atoms with Gasteiger partial charge in [-0.3, -0.25) is 0 Å². The maximum Gasteiger partial charge on any atom is 0.00792 e. The van der Waals surface area contributed by atoms with Crippen molar-refractivity contribution in [2.75, 3.05) is 33.2 Å². The van der Waals surface area contributed by atoms with Crippen LogP contribution in [0.2, 0.25) is 0 Å². The number of hydrogen-bond donors (Lipinski definition) is 2. The largest absolute Gasteiger partial charge is 0.330 e. The normalized spacial score (nSPS) is 26.4. The van der Waals surface area contributed by atoms with Gasteiger partial charge in [0.1, 0.15) is 0 Å². The third kappa shape index (κ3) is 3.95. The molecule has 1 heterocycles. The predicted molar refractivity (Wildman–Crippen MR) is 61.4 cm³/mol. The van der Waals surface area contributed by atoms with E-state index in [4.69, 9.17) is 5.73 Å². The van der Waals surface area contributed by atoms with E-state index < -0.39 is 0 Å². The van der Waals surface area contributed by atoms with Crippen molar-refractivity contribution in [1.82, 2.24) is 10.2 Å². The number of nitrogens with two attached hydrogens (primary N) is 1. The van der Waals surface area contributed by atoms with E-state index in [9.17, 15) is 0 Å². The highest BCUT2D eigenvalue weighted by Crippen LogP contribution is 2.18. The second-order valence-corrected chi connectivity index (χ2v) is 4.55. The molecule has 3 nitrogen and oxygen atoms in total. The van der Waals surface area contributed by atoms with Gasteiger partial charge < -0.3 is 16.0 Å². The Morgan fingerprint density at radius 1 is 1.57 bits per heavy atom. The average Bonchev–Trinajstić information content (AvgIpc) is 2.18. The van der Waals surface area contributed by atoms with Gasteiger partial charge in [-0.25, -0.2) is 0 Å². The van der Waals surface area contributed by atoms with E-state index in [0.29, 0.717) is 6.04 Å². The van der Waals surface area contributed by atoms with Gasteiger partial charge in [0, 0.05) is 12.6 Å². The number of nitrogens with one attached hydrogen (secondary N) is 1. The summed E-state index contributed by atoms with van der Waals surface area (Å²) in [7, 11) is 2.22. The molecule has 0 aromatic heterocycles. The van der Waals surface area contributed by atoms with Crippen LogP contribution in [0.15, 0.2) is 0 Å². The van der Waals surface area contributed by atoms with Gasteiger partial charge in [-0.15, -0.1) is 0 Å². The molecular formula is C11H25N3. The van der Waals surface area contributed by atoms with Crippen LogP contribution in [0.4, 0.5) is 0 Å². The Bertz CT molecular complexity index is 149. The summed E-state index contributed by atoms with van der Waals surface area (Å²) in [5, 5.41) is 3.57. The molecule has 1 aliphatic rings. The van der Waals surface area contributed by atoms with Gasteiger partial charge in [0.2, 0.25) is 0 Å². The van der Waals surface area contributed by atoms with Gasteiger partial charge in [-0.2, -0.15) is 0 Å². The summed E-state index contributed by atoms with van der Waals surface area (Å²) in [5.41, 5.74) is 5.47. The SMILES string of the molecule is CC(NCCCN)C1CCCN(C)C1. The summed E-state index contributed by atoms with van der Waals surface area (Å²) in [6, 6.07) is 0.643. The zero-order valence-corrected chi connectivity index (χ0v) is 9.63. The van der Waals surface area contributed by atoms with Crippen molar-refractivity contribution in [3.63, 3.8) is 0 Å². The molecule has 0 radical (unpaired) electrons. The van der Waals surface area contributed by atoms with Crippen molar-refractivity contribution in [3.05, 3.63) is 0 Å². The standard InChI is InChI=1S/C11H25N3/c1-10(13-7-4-6-12)11-5-3-8-14(2)9-11/h10-11,13H,3-9,12H2,1-2H3. The predicted octanol–water partition coefficient (Wildman–Crippen LogP) is 0.655. The molecular weight excluding hydrogens is 174 g/mol. The lowest BCUT2D eigenvalue weighted by Crippen LogP contribution is -2.43. The zero-order chi connectivity index (χ0) is 10.4. The van der Waals surface area contributed by atoms with E-state index in [-0.39, 0.29) is 0 Å². The molecule has 0 saturated carbocycles. The number of hydrogen-bond acceptors (Lipinski definition) is 3. The molecule has 1 rings (SSSR count). The van der Waals surface area contributed by atoms with E-state index in [1.807, 2.05) is 0 Å². The average molecular weight is 199 g/mol. The first-order chi connectivity index (χ1) is 6.74. The fourth-order valence-corrected chi connectivity index (χ4v) is 2.21. The topological polar surface area (TPSA) is 41.3 Å². The van der Waals surface area contributed by atoms with E-state index in [0.717, 1.165) is 25.4 Å². The third-order valence-electron chi connectivity index (χ3n) is 3.22. The first-order valence-electron chi connectivity index (χ1n) is 5.86. The number of piperidine rings is 1. The maximum atomic E-state index is 5.47. The van der Waals surface area contributed by atoms with E-state index in [1.54, 1.807) is 0 Å². The fourth-order valence-electron chi connectivity index (χ4n) is 2.21. The summed E-state index contributed by atoms with van der Waals surface area (Å²) >= 11 is 0. The molecule has 2 atom stereocenters. The van der Waals surface area contributed by atoms with Crippen LogP contribution in [0.5, 0.6) is 0 Å². The first kappa shape index (κ1) is 12.0. The quantitative estimate of drug-likeness (QED) is 0.639. The van der Waals surface area contributed by atoms with Crippen LogP contribution in [-0.2, 0) is 0 Å². The van der Waals surface area contributed by atoms with Crippen LogP contribution in [0.3, 0.4) is 0 Å². The van der Waals surface area contributed by atoms with Gasteiger partial charge in [0.15, 0.2) is 0 Å². The van der Waals surface area contributed by atoms with Gasteiger partial charge in [0.05, 0.1) is 0 Å². The van der Waals surface area contributed by atoms with Crippen molar-refractivity contribution in [2.45, 2.75) is 32.2 Å². The molecule has 84 valence electrons. The Balaban J connectivity index is 2.18. The van der Waals surface area contributed by atoms with E-state index >= 15 is 0 Å². The molecule has 3 heteroatoms. The molecule has 0 amide bonds. The smallest absolute Gasteiger partial charge is 0.00792 e. The molecule has 14 heavy (non-hydrogen) atoms. The van der Waals surface area contributed by atoms with Crippen LogP contribution >= 0.6 is 0 Å². The minimum absolute atomic E-state index is 0.643. The molecule has 0 aliphatic carbocycles. The molecule has 1 saturated heterocycles. The molecule has 0 bridgehead atoms. The van der Waals surface area contributed by atoms with Crippen LogP contribution in [0.1, 0.15) is 26.2 Å². The minimum atomic E-state index is 0.643. The molecule has 1 aliphatic heterocycles. The van der Waals surface area contributed by atoms with Gasteiger partial charge in [-0.1, -0.05) is 0 Å². The van der Waals surface area contributed by atoms with E-state index in [1.165, 1.54) is 25.9 Å². The highest BCUT2D eigenvalue weighted by atomic mass is 15.1. The number of likely N-dealkylation sites (tertiary alicyclic amines) is 1. The van der Waals surface area contributed by atoms with Crippen LogP contribution < -0.4 is 11.1 Å². The molecule has 0 aromatic rings. The van der Waals surface area contributed by atoms with Crippen LogP contribution in [0.25, 0.3) is 0 Å². The van der Waals surface area contributed by atoms with Crippen LogP contribution in [0, 0.1) is 5.92 Å². The highest BCUT2D eigenvalue weighted by molar-refractivity contribution is 4.78. The maximum absolute atomic E-state index is 5.47. The third-order valence-corrected chi connectivity index (χ3v) is 3.22. The Kier molecular flexibility index (Phi) is 5.45. The number of rotatable bonds is 5. The Morgan fingerprint density at radius 3 is 3.00 bits per heavy atom. The number of nitrogens with zero attached hydrogens (tertiary/aromatic N) is 1. The monoisotopic (exact) mass is 199 g/mol. The first-order valence-corrected chi connectivity index (χ1v) is 5.86. The second-order valence-electron chi connectivity index (χ2n) is 4.55. The van der Waals surface area contributed by atoms with Crippen molar-refractivity contribution in [3.8, 4) is 0 Å². The summed E-state index contributed by atoms with van der Waals surface area (Å²) in [6.07, 6.45) is 3.82. The summed E-state index contributed by atoms with van der Waals surface area (Å²) in [6.45, 7) is 6.69. The Hall–Kier alpha value is -0.120. The van der Waals surface area contributed by atoms with Gasteiger partial charge in [-0.05, 0) is 58.8 Å². The van der Waals surface area contributed by atoms with Crippen molar-refractivity contribution in [1.29, 1.82) is 0 Å². The second kappa shape index (κ2) is 6.38. The van der Waals surface area contributed by atoms with Crippen molar-refractivity contribution < 1.29 is 0 Å². The minimum Gasteiger partial charge on any atom is -0.330 e. The highest BCUT2D eigenvalue weighted by Gasteiger charge is 2.21. The molecule has 2 unspecified atom stereocenters. The molecule has 0 spiro atoms. The lowest BCUT2D eigenvalue weighted by atomic mass is 9.92. The zero-order valence-electron chi connectivity index (χ0n) is 9.63. The Morgan fingerprint density at radius 2 is 2.36 bits per heavy atom. The van der Waals surface area contributed by atoms with Crippen molar-refractivity contribution >= 4 is 0 Å². The van der Waals surface area contributed by atoms with Gasteiger partial charge >= 0.3 is 0 Å². The summed E-state index contributed by atoms with van der Waals surface area (Å²) in [4.78, 5) is 2.44. The lowest BCUT2D eigenvalue weighted by Gasteiger charge is -2.34. The van der Waals surface area contributed by atoms with Crippen LogP contribution in [-0.4, -0.2) is 44.2 Å². The molecule has 0 aromatic carbocycles. The van der Waals surface area contributed by atoms with E-state index in [2.05, 4.69) is 24.2 Å². The summed E-state index contributed by atoms with van der Waals surface area (Å²) < 4.78 is 0. The molecule has 3 N–H and O–H groups in total. The fraction of sp³-hybridized carbons (Fsp3) is 1.00.